The Morgan fingerprint density at radius 1 is 0.977 bits per heavy atom. The molecule has 0 unspecified atom stereocenters. The molecule has 0 fully saturated rings. The highest BCUT2D eigenvalue weighted by atomic mass is 19.4. The predicted molar refractivity (Wildman–Crippen MR) is 145 cm³/mol. The molecule has 0 amide bonds. The van der Waals surface area contributed by atoms with Gasteiger partial charge in [-0.1, -0.05) is 6.07 Å². The minimum absolute atomic E-state index is 0.0230. The molecule has 3 aliphatic rings. The maximum Gasteiger partial charge on any atom is 0.416 e. The van der Waals surface area contributed by atoms with Gasteiger partial charge in [0.1, 0.15) is 6.54 Å². The second-order valence-corrected chi connectivity index (χ2v) is 10.4. The number of carboxylic acids is 1. The molecule has 0 saturated heterocycles. The van der Waals surface area contributed by atoms with Crippen LogP contribution in [0.1, 0.15) is 62.5 Å². The van der Waals surface area contributed by atoms with Crippen LogP contribution in [0.3, 0.4) is 0 Å². The number of halogens is 3. The van der Waals surface area contributed by atoms with Gasteiger partial charge in [0, 0.05) is 47.4 Å². The molecule has 10 nitrogen and oxygen atoms in total. The third-order valence-electron chi connectivity index (χ3n) is 7.68. The molecule has 13 heteroatoms. The van der Waals surface area contributed by atoms with E-state index in [1.54, 1.807) is 24.0 Å². The molecule has 0 radical (unpaired) electrons. The third-order valence-corrected chi connectivity index (χ3v) is 7.68. The topological polar surface area (TPSA) is 136 Å². The molecule has 0 saturated carbocycles. The van der Waals surface area contributed by atoms with Gasteiger partial charge in [0.2, 0.25) is 5.75 Å². The lowest BCUT2D eigenvalue weighted by Gasteiger charge is -2.43. The number of hydrogen-bond acceptors (Lipinski definition) is 8. The first-order valence-corrected chi connectivity index (χ1v) is 13.7. The number of ether oxygens (including phenoxy) is 2. The number of alkyl halides is 3. The van der Waals surface area contributed by atoms with E-state index in [-0.39, 0.29) is 49.1 Å². The predicted octanol–water partition coefficient (Wildman–Crippen LogP) is 6.30. The fraction of sp³-hybridized carbons (Fsp3) is 0.367. The molecule has 2 aromatic carbocycles. The lowest BCUT2D eigenvalue weighted by molar-refractivity contribution is -0.385. The summed E-state index contributed by atoms with van der Waals surface area (Å²) in [5.74, 6) is -2.62. The van der Waals surface area contributed by atoms with Gasteiger partial charge in [0.05, 0.1) is 17.1 Å². The fourth-order valence-electron chi connectivity index (χ4n) is 5.97. The summed E-state index contributed by atoms with van der Waals surface area (Å²) in [6, 6.07) is 6.47. The zero-order valence-electron chi connectivity index (χ0n) is 23.0. The average molecular weight is 601 g/mol. The highest BCUT2D eigenvalue weighted by Crippen LogP contribution is 2.50. The average Bonchev–Trinajstić information content (AvgIpc) is 2.94. The van der Waals surface area contributed by atoms with E-state index in [0.29, 0.717) is 65.9 Å². The second-order valence-electron chi connectivity index (χ2n) is 10.4. The molecule has 5 rings (SSSR count). The van der Waals surface area contributed by atoms with Gasteiger partial charge >= 0.3 is 17.8 Å². The first-order valence-electron chi connectivity index (χ1n) is 13.7. The van der Waals surface area contributed by atoms with Gasteiger partial charge in [-0.3, -0.25) is 24.5 Å². The van der Waals surface area contributed by atoms with E-state index in [9.17, 15) is 42.8 Å². The van der Waals surface area contributed by atoms with Crippen molar-refractivity contribution < 1.29 is 47.1 Å². The smallest absolute Gasteiger partial charge is 0.416 e. The van der Waals surface area contributed by atoms with Crippen molar-refractivity contribution in [2.45, 2.75) is 57.5 Å². The van der Waals surface area contributed by atoms with E-state index in [0.717, 1.165) is 6.07 Å². The van der Waals surface area contributed by atoms with Crippen LogP contribution in [0.2, 0.25) is 0 Å². The van der Waals surface area contributed by atoms with Crippen LogP contribution in [0, 0.1) is 10.1 Å². The van der Waals surface area contributed by atoms with E-state index in [1.165, 1.54) is 6.07 Å². The summed E-state index contributed by atoms with van der Waals surface area (Å²) in [5, 5.41) is 21.2. The standard InChI is InChI=1S/C30H27F3N2O8/c1-2-42-25-13-16(9-11-24(25)43-23-12-10-17(30(31,32)33)14-20(23)35(40)41)27-28-18(5-3-7-21(28)36)34(15-26(38)39)19-6-4-8-22(37)29(19)27/h9-14,27H,2-8,15H2,1H3,(H,38,39). The van der Waals surface area contributed by atoms with Crippen molar-refractivity contribution >= 4 is 23.2 Å². The SMILES string of the molecule is CCOc1cc(C2C3=C(CCCC3=O)N(CC(=O)O)C3=C2C(=O)CCC3)ccc1Oc1ccc(C(F)(F)F)cc1[N+](=O)[O-]. The Bertz CT molecular complexity index is 1550. The molecule has 1 N–H and O–H groups in total. The Morgan fingerprint density at radius 3 is 2.12 bits per heavy atom. The van der Waals surface area contributed by atoms with Gasteiger partial charge in [-0.25, -0.2) is 0 Å². The number of nitro groups is 1. The number of hydrogen-bond donors (Lipinski definition) is 1. The van der Waals surface area contributed by atoms with Crippen LogP contribution < -0.4 is 9.47 Å². The number of Topliss-reactive ketones (excluding diaryl/α,β-unsaturated/α-hetero) is 2. The number of ketones is 2. The summed E-state index contributed by atoms with van der Waals surface area (Å²) in [6.45, 7) is 1.43. The van der Waals surface area contributed by atoms with Gasteiger partial charge in [0.15, 0.2) is 23.1 Å². The highest BCUT2D eigenvalue weighted by Gasteiger charge is 2.44. The van der Waals surface area contributed by atoms with Gasteiger partial charge in [0.25, 0.3) is 0 Å². The first-order chi connectivity index (χ1) is 20.4. The van der Waals surface area contributed by atoms with Gasteiger partial charge in [-0.05, 0) is 62.4 Å². The van der Waals surface area contributed by atoms with Crippen LogP contribution in [0.4, 0.5) is 18.9 Å². The molecule has 0 aromatic heterocycles. The highest BCUT2D eigenvalue weighted by molar-refractivity contribution is 6.06. The van der Waals surface area contributed by atoms with Gasteiger partial charge in [-0.15, -0.1) is 0 Å². The number of aliphatic carboxylic acids is 1. The normalized spacial score (nSPS) is 17.5. The number of allylic oxidation sites excluding steroid dienone is 4. The lowest BCUT2D eigenvalue weighted by atomic mass is 9.71. The summed E-state index contributed by atoms with van der Waals surface area (Å²) < 4.78 is 51.0. The van der Waals surface area contributed by atoms with E-state index in [1.807, 2.05) is 0 Å². The number of rotatable bonds is 8. The molecule has 2 aliphatic carbocycles. The summed E-state index contributed by atoms with van der Waals surface area (Å²) >= 11 is 0. The molecule has 0 atom stereocenters. The minimum atomic E-state index is -4.80. The Balaban J connectivity index is 1.62. The van der Waals surface area contributed by atoms with E-state index < -0.39 is 40.0 Å². The van der Waals surface area contributed by atoms with E-state index in [2.05, 4.69) is 0 Å². The van der Waals surface area contributed by atoms with Crippen LogP contribution >= 0.6 is 0 Å². The zero-order chi connectivity index (χ0) is 31.1. The van der Waals surface area contributed by atoms with E-state index in [4.69, 9.17) is 9.47 Å². The molecule has 2 aromatic rings. The molecular formula is C30H27F3N2O8. The second kappa shape index (κ2) is 11.5. The first kappa shape index (κ1) is 29.8. The van der Waals surface area contributed by atoms with Crippen molar-refractivity contribution in [3.05, 3.63) is 80.2 Å². The molecule has 1 aliphatic heterocycles. The molecule has 0 bridgehead atoms. The van der Waals surface area contributed by atoms with Gasteiger partial charge < -0.3 is 19.5 Å². The summed E-state index contributed by atoms with van der Waals surface area (Å²) in [4.78, 5) is 50.8. The molecule has 226 valence electrons. The minimum Gasteiger partial charge on any atom is -0.490 e. The van der Waals surface area contributed by atoms with Crippen LogP contribution in [-0.2, 0) is 20.6 Å². The number of nitro benzene ring substituents is 1. The van der Waals surface area contributed by atoms with E-state index >= 15 is 0 Å². The van der Waals surface area contributed by atoms with Crippen LogP contribution in [-0.4, -0.2) is 45.6 Å². The van der Waals surface area contributed by atoms with Crippen molar-refractivity contribution in [3.63, 3.8) is 0 Å². The number of carboxylic acid groups (broad SMARTS) is 1. The number of carbonyl (C=O) groups is 3. The third kappa shape index (κ3) is 5.71. The van der Waals surface area contributed by atoms with Crippen molar-refractivity contribution in [2.24, 2.45) is 0 Å². The van der Waals surface area contributed by atoms with Crippen molar-refractivity contribution in [1.29, 1.82) is 0 Å². The van der Waals surface area contributed by atoms with Crippen LogP contribution in [0.25, 0.3) is 0 Å². The van der Waals surface area contributed by atoms with Crippen LogP contribution in [0.5, 0.6) is 17.2 Å². The Labute approximate surface area is 243 Å². The van der Waals surface area contributed by atoms with Gasteiger partial charge in [-0.2, -0.15) is 13.2 Å². The Hall–Kier alpha value is -4.68. The summed E-state index contributed by atoms with van der Waals surface area (Å²) in [6.07, 6.45) is -2.30. The monoisotopic (exact) mass is 600 g/mol. The fourth-order valence-corrected chi connectivity index (χ4v) is 5.97. The maximum absolute atomic E-state index is 13.4. The summed E-state index contributed by atoms with van der Waals surface area (Å²) in [7, 11) is 0. The van der Waals surface area contributed by atoms with Crippen molar-refractivity contribution in [3.8, 4) is 17.2 Å². The number of benzene rings is 2. The number of carbonyl (C=O) groups excluding carboxylic acids is 2. The van der Waals surface area contributed by atoms with Crippen LogP contribution in [0.15, 0.2) is 58.9 Å². The Morgan fingerprint density at radius 2 is 1.58 bits per heavy atom. The van der Waals surface area contributed by atoms with Crippen molar-refractivity contribution in [1.82, 2.24) is 4.90 Å². The molecule has 1 heterocycles. The maximum atomic E-state index is 13.4. The number of nitrogens with zero attached hydrogens (tertiary/aromatic N) is 2. The quantitative estimate of drug-likeness (QED) is 0.273. The van der Waals surface area contributed by atoms with Crippen molar-refractivity contribution in [2.75, 3.05) is 13.2 Å². The summed E-state index contributed by atoms with van der Waals surface area (Å²) in [5.41, 5.74) is 0.276. The lowest BCUT2D eigenvalue weighted by Crippen LogP contribution is -2.41. The molecule has 0 spiro atoms. The zero-order valence-corrected chi connectivity index (χ0v) is 23.0. The Kier molecular flexibility index (Phi) is 8.00. The molecule has 43 heavy (non-hydrogen) atoms. The largest absolute Gasteiger partial charge is 0.490 e. The molecular weight excluding hydrogens is 573 g/mol.